The van der Waals surface area contributed by atoms with Gasteiger partial charge in [-0.15, -0.1) is 11.8 Å². The lowest BCUT2D eigenvalue weighted by atomic mass is 9.91. The molecule has 82 heavy (non-hydrogen) atoms. The van der Waals surface area contributed by atoms with Gasteiger partial charge < -0.3 is 58.5 Å². The van der Waals surface area contributed by atoms with Crippen LogP contribution in [0.2, 0.25) is 0 Å². The Morgan fingerprint density at radius 3 is 1.93 bits per heavy atom. The Kier molecular flexibility index (Phi) is 21.2. The van der Waals surface area contributed by atoms with Gasteiger partial charge in [0.05, 0.1) is 11.7 Å². The minimum absolute atomic E-state index is 0.00945. The summed E-state index contributed by atoms with van der Waals surface area (Å²) >= 11 is 0.898. The Morgan fingerprint density at radius 1 is 0.659 bits per heavy atom. The quantitative estimate of drug-likeness (QED) is 0.118. The second-order valence-corrected chi connectivity index (χ2v) is 22.8. The Balaban J connectivity index is 1.30. The molecule has 4 aliphatic rings. The van der Waals surface area contributed by atoms with Crippen LogP contribution in [0.25, 0.3) is 0 Å². The molecule has 3 aromatic carbocycles. The molecule has 3 fully saturated rings. The highest BCUT2D eigenvalue weighted by atomic mass is 32.2. The summed E-state index contributed by atoms with van der Waals surface area (Å²) < 4.78 is 44.8. The van der Waals surface area contributed by atoms with Gasteiger partial charge >= 0.3 is 6.18 Å². The molecule has 25 heteroatoms. The van der Waals surface area contributed by atoms with E-state index < -0.39 is 132 Å². The number of benzene rings is 3. The SMILES string of the molecule is CC(C)C[C@@H]1NC(=O)[C@@H]2CCCN2C(=O)[C@H](Cc2ccccc2)NC(=O)CSC[C@@H](C(N)=O)NC(=O)[C@H](Cc2ccc(C(N)=O)cc2)NC(=O)[C@@H]2Cc3ccccc3CN2C(=O)[C@@H]2C[C@@H](C(F)(F)F)CN2C(=O)[C@H](CCCCN)NC1=O. The molecule has 442 valence electrons. The van der Waals surface area contributed by atoms with Crippen LogP contribution in [0, 0.1) is 11.8 Å². The van der Waals surface area contributed by atoms with Gasteiger partial charge in [-0.1, -0.05) is 80.6 Å². The molecule has 3 aromatic rings. The van der Waals surface area contributed by atoms with Crippen molar-refractivity contribution in [3.63, 3.8) is 0 Å². The average Bonchev–Trinajstić information content (AvgIpc) is 4.23. The van der Waals surface area contributed by atoms with Gasteiger partial charge in [-0.2, -0.15) is 13.2 Å². The summed E-state index contributed by atoms with van der Waals surface area (Å²) in [5, 5.41) is 13.5. The fourth-order valence-corrected chi connectivity index (χ4v) is 11.8. The first-order chi connectivity index (χ1) is 39.0. The first-order valence-corrected chi connectivity index (χ1v) is 28.7. The number of hydrogen-bond donors (Lipinski definition) is 8. The van der Waals surface area contributed by atoms with Crippen LogP contribution in [0.5, 0.6) is 0 Å². The zero-order valence-corrected chi connectivity index (χ0v) is 46.6. The van der Waals surface area contributed by atoms with Crippen molar-refractivity contribution < 1.29 is 61.1 Å². The Morgan fingerprint density at radius 2 is 1.27 bits per heavy atom. The fourth-order valence-electron chi connectivity index (χ4n) is 11.0. The summed E-state index contributed by atoms with van der Waals surface area (Å²) in [6.45, 7) is 2.60. The van der Waals surface area contributed by atoms with Crippen molar-refractivity contribution in [2.75, 3.05) is 31.1 Å². The molecule has 0 radical (unpaired) electrons. The van der Waals surface area contributed by atoms with E-state index in [2.05, 4.69) is 26.6 Å². The van der Waals surface area contributed by atoms with Crippen molar-refractivity contribution in [2.45, 2.75) is 139 Å². The van der Waals surface area contributed by atoms with Gasteiger partial charge in [0.25, 0.3) is 0 Å². The van der Waals surface area contributed by atoms with Crippen molar-refractivity contribution in [1.82, 2.24) is 41.3 Å². The molecule has 0 unspecified atom stereocenters. The molecule has 4 heterocycles. The Labute approximate surface area is 477 Å². The lowest BCUT2D eigenvalue weighted by Crippen LogP contribution is -2.61. The second kappa shape index (κ2) is 28.0. The molecule has 0 spiro atoms. The van der Waals surface area contributed by atoms with Crippen LogP contribution < -0.4 is 43.8 Å². The minimum Gasteiger partial charge on any atom is -0.368 e. The average molecular weight is 1160 g/mol. The molecular formula is C57H72F3N11O10S. The number of unbranched alkanes of at least 4 members (excludes halogenated alkanes) is 1. The summed E-state index contributed by atoms with van der Waals surface area (Å²) in [6.07, 6.45) is -5.19. The first kappa shape index (κ1) is 62.1. The summed E-state index contributed by atoms with van der Waals surface area (Å²) in [6, 6.07) is 9.88. The van der Waals surface area contributed by atoms with E-state index in [1.807, 2.05) is 0 Å². The predicted molar refractivity (Wildman–Crippen MR) is 296 cm³/mol. The smallest absolute Gasteiger partial charge is 0.368 e. The van der Waals surface area contributed by atoms with Gasteiger partial charge in [-0.05, 0) is 91.8 Å². The monoisotopic (exact) mass is 1160 g/mol. The van der Waals surface area contributed by atoms with Crippen molar-refractivity contribution in [2.24, 2.45) is 29.0 Å². The molecule has 0 saturated carbocycles. The highest BCUT2D eigenvalue weighted by Crippen LogP contribution is 2.39. The van der Waals surface area contributed by atoms with Crippen LogP contribution >= 0.6 is 11.8 Å². The number of thioether (sulfide) groups is 1. The Bertz CT molecular complexity index is 2850. The number of alkyl halides is 3. The third-order valence-electron chi connectivity index (χ3n) is 15.3. The van der Waals surface area contributed by atoms with E-state index in [1.54, 1.807) is 68.4 Å². The van der Waals surface area contributed by atoms with Crippen LogP contribution in [-0.2, 0) is 69.0 Å². The summed E-state index contributed by atoms with van der Waals surface area (Å²) in [7, 11) is 0. The zero-order chi connectivity index (χ0) is 59.4. The molecule has 4 aliphatic heterocycles. The minimum atomic E-state index is -4.90. The van der Waals surface area contributed by atoms with Crippen LogP contribution in [0.3, 0.4) is 0 Å². The highest BCUT2D eigenvalue weighted by Gasteiger charge is 2.54. The van der Waals surface area contributed by atoms with E-state index in [9.17, 15) is 51.5 Å². The lowest BCUT2D eigenvalue weighted by molar-refractivity contribution is -0.171. The van der Waals surface area contributed by atoms with Crippen molar-refractivity contribution in [1.29, 1.82) is 0 Å². The maximum absolute atomic E-state index is 15.3. The zero-order valence-electron chi connectivity index (χ0n) is 45.8. The van der Waals surface area contributed by atoms with E-state index in [1.165, 1.54) is 29.2 Å². The van der Waals surface area contributed by atoms with E-state index in [-0.39, 0.29) is 87.6 Å². The molecular weight excluding hydrogens is 1090 g/mol. The van der Waals surface area contributed by atoms with Crippen molar-refractivity contribution >= 4 is 70.8 Å². The summed E-state index contributed by atoms with van der Waals surface area (Å²) in [5.41, 5.74) is 19.5. The molecule has 9 atom stereocenters. The van der Waals surface area contributed by atoms with Crippen molar-refractivity contribution in [3.05, 3.63) is 107 Å². The summed E-state index contributed by atoms with van der Waals surface area (Å²) in [4.78, 5) is 145. The largest absolute Gasteiger partial charge is 0.393 e. The van der Waals surface area contributed by atoms with E-state index in [4.69, 9.17) is 17.2 Å². The number of carbonyl (C=O) groups excluding carboxylic acids is 10. The number of rotatable bonds is 12. The van der Waals surface area contributed by atoms with Gasteiger partial charge in [0.1, 0.15) is 48.3 Å². The Hall–Kier alpha value is -7.54. The van der Waals surface area contributed by atoms with E-state index >= 15 is 9.59 Å². The van der Waals surface area contributed by atoms with Gasteiger partial charge in [0.15, 0.2) is 0 Å². The van der Waals surface area contributed by atoms with Gasteiger partial charge in [-0.25, -0.2) is 0 Å². The third-order valence-corrected chi connectivity index (χ3v) is 16.3. The number of primary amides is 2. The van der Waals surface area contributed by atoms with Gasteiger partial charge in [0.2, 0.25) is 59.1 Å². The molecule has 7 rings (SSSR count). The van der Waals surface area contributed by atoms with Crippen molar-refractivity contribution in [3.8, 4) is 0 Å². The van der Waals surface area contributed by atoms with Crippen LogP contribution in [-0.4, -0.2) is 159 Å². The number of nitrogens with two attached hydrogens (primary N) is 3. The molecule has 0 bridgehead atoms. The number of fused-ring (bicyclic) bond motifs is 4. The number of hydrogen-bond acceptors (Lipinski definition) is 12. The molecule has 21 nitrogen and oxygen atoms in total. The first-order valence-electron chi connectivity index (χ1n) is 27.6. The molecule has 10 amide bonds. The maximum Gasteiger partial charge on any atom is 0.393 e. The van der Waals surface area contributed by atoms with Gasteiger partial charge in [-0.3, -0.25) is 47.9 Å². The van der Waals surface area contributed by atoms with Gasteiger partial charge in [0, 0.05) is 50.2 Å². The normalized spacial score (nSPS) is 25.8. The predicted octanol–water partition coefficient (Wildman–Crippen LogP) is 1.13. The number of carbonyl (C=O) groups is 10. The van der Waals surface area contributed by atoms with Crippen LogP contribution in [0.4, 0.5) is 13.2 Å². The number of halogens is 3. The number of nitrogens with zero attached hydrogens (tertiary/aromatic N) is 3. The number of nitrogens with one attached hydrogen (secondary N) is 5. The number of amides is 10. The van der Waals surface area contributed by atoms with E-state index in [0.29, 0.717) is 35.1 Å². The maximum atomic E-state index is 15.3. The third kappa shape index (κ3) is 15.9. The lowest BCUT2D eigenvalue weighted by Gasteiger charge is -2.39. The summed E-state index contributed by atoms with van der Waals surface area (Å²) in [5.74, 6) is -11.5. The van der Waals surface area contributed by atoms with E-state index in [0.717, 1.165) is 21.6 Å². The standard InChI is InChI=1S/C57H72F3N11O10S/c1-32(2)23-40-50(75)65-39(15-8-9-21-61)54(79)71-29-38(57(58,59)60)27-46(71)56(81)70-28-37-14-7-6-13-36(37)26-45(70)53(78)67-41(24-34-17-19-35(20-18-34)48(62)73)51(76)68-43(49(63)74)30-82-31-47(72)64-42(25-33-11-4-3-5-12-33)55(80)69-22-10-16-44(69)52(77)66-40/h3-7,11-14,17-20,32,38-46H,8-10,15-16,21-31,61H2,1-2H3,(H2,62,73)(H2,63,74)(H,64,72)(H,65,75)(H,66,77)(H,67,78)(H,68,76)/t38-,39+,40+,41+,42+,43+,44+,45+,46+/m1/s1. The van der Waals surface area contributed by atoms with Crippen LogP contribution in [0.15, 0.2) is 78.9 Å². The molecule has 0 aliphatic carbocycles. The van der Waals surface area contributed by atoms with Crippen LogP contribution in [0.1, 0.15) is 91.4 Å². The topological polar surface area (TPSA) is 319 Å². The molecule has 11 N–H and O–H groups in total. The molecule has 3 saturated heterocycles. The highest BCUT2D eigenvalue weighted by molar-refractivity contribution is 8.00. The molecule has 0 aromatic heterocycles. The fraction of sp³-hybridized carbons (Fsp3) is 0.509. The second-order valence-electron chi connectivity index (χ2n) is 21.8.